The Bertz CT molecular complexity index is 672. The molecule has 0 atom stereocenters. The van der Waals surface area contributed by atoms with Gasteiger partial charge in [0, 0.05) is 37.8 Å². The molecule has 0 radical (unpaired) electrons. The van der Waals surface area contributed by atoms with Crippen molar-refractivity contribution in [2.45, 2.75) is 46.3 Å². The summed E-state index contributed by atoms with van der Waals surface area (Å²) in [6.07, 6.45) is -0.307. The number of carbonyl (C=O) groups excluding carboxylic acids is 2. The lowest BCUT2D eigenvalue weighted by Crippen LogP contribution is -2.52. The van der Waals surface area contributed by atoms with Crippen LogP contribution in [-0.2, 0) is 4.74 Å². The van der Waals surface area contributed by atoms with Crippen LogP contribution in [0.2, 0.25) is 0 Å². The number of amidine groups is 1. The molecule has 1 aliphatic heterocycles. The van der Waals surface area contributed by atoms with Crippen molar-refractivity contribution in [1.82, 2.24) is 15.1 Å². The van der Waals surface area contributed by atoms with E-state index in [9.17, 15) is 9.59 Å². The molecule has 1 fully saturated rings. The summed E-state index contributed by atoms with van der Waals surface area (Å²) in [4.78, 5) is 32.5. The average Bonchev–Trinajstić information content (AvgIpc) is 2.58. The Labute approximate surface area is 161 Å². The number of ether oxygens (including phenoxy) is 1. The molecule has 1 saturated heterocycles. The number of rotatable bonds is 2. The fraction of sp³-hybridized carbons (Fsp3) is 0.550. The largest absolute Gasteiger partial charge is 0.444 e. The van der Waals surface area contributed by atoms with Gasteiger partial charge in [0.2, 0.25) is 0 Å². The summed E-state index contributed by atoms with van der Waals surface area (Å²) in [5, 5.41) is 2.80. The second-order valence-electron chi connectivity index (χ2n) is 7.86. The lowest BCUT2D eigenvalue weighted by atomic mass is 10.1. The van der Waals surface area contributed by atoms with Gasteiger partial charge in [-0.15, -0.1) is 0 Å². The van der Waals surface area contributed by atoms with E-state index in [1.807, 2.05) is 69.9 Å². The minimum absolute atomic E-state index is 0.0160. The monoisotopic (exact) mass is 374 g/mol. The number of nitrogens with zero attached hydrogens (tertiary/aromatic N) is 3. The Kier molecular flexibility index (Phi) is 6.82. The average molecular weight is 374 g/mol. The summed E-state index contributed by atoms with van der Waals surface area (Å²) < 4.78 is 5.44. The number of nitrogens with one attached hydrogen (secondary N) is 1. The number of aliphatic imine (C=N–C) groups is 1. The van der Waals surface area contributed by atoms with Crippen LogP contribution in [0.4, 0.5) is 9.59 Å². The molecule has 2 rings (SSSR count). The van der Waals surface area contributed by atoms with Gasteiger partial charge in [0.1, 0.15) is 11.4 Å². The van der Waals surface area contributed by atoms with Gasteiger partial charge >= 0.3 is 12.1 Å². The molecule has 0 spiro atoms. The lowest BCUT2D eigenvalue weighted by Gasteiger charge is -2.37. The Balaban J connectivity index is 2.11. The van der Waals surface area contributed by atoms with Crippen LogP contribution >= 0.6 is 0 Å². The van der Waals surface area contributed by atoms with E-state index in [1.165, 1.54) is 0 Å². The Morgan fingerprint density at radius 3 is 2.11 bits per heavy atom. The Morgan fingerprint density at radius 1 is 1.04 bits per heavy atom. The van der Waals surface area contributed by atoms with Crippen LogP contribution in [0.15, 0.2) is 35.3 Å². The molecule has 1 N–H and O–H groups in total. The number of amides is 3. The standard InChI is InChI=1S/C20H30N4O3/c1-15(2)21-18(25)22-17(16-9-7-6-8-10-16)23-11-13-24(14-12-23)19(26)27-20(3,4)5/h6-10,15H,11-14H2,1-5H3,(H,21,25)/b22-17+. The van der Waals surface area contributed by atoms with Crippen molar-refractivity contribution >= 4 is 18.0 Å². The fourth-order valence-corrected chi connectivity index (χ4v) is 2.71. The van der Waals surface area contributed by atoms with Crippen LogP contribution in [-0.4, -0.2) is 65.6 Å². The van der Waals surface area contributed by atoms with E-state index in [0.717, 1.165) is 5.56 Å². The number of hydrogen-bond acceptors (Lipinski definition) is 3. The molecule has 7 heteroatoms. The van der Waals surface area contributed by atoms with Crippen LogP contribution in [0.25, 0.3) is 0 Å². The minimum Gasteiger partial charge on any atom is -0.444 e. The molecule has 0 aliphatic carbocycles. The van der Waals surface area contributed by atoms with E-state index in [1.54, 1.807) is 4.90 Å². The maximum absolute atomic E-state index is 12.3. The summed E-state index contributed by atoms with van der Waals surface area (Å²) in [6.45, 7) is 11.6. The van der Waals surface area contributed by atoms with Gasteiger partial charge in [-0.2, -0.15) is 4.99 Å². The van der Waals surface area contributed by atoms with Gasteiger partial charge in [-0.25, -0.2) is 9.59 Å². The summed E-state index contributed by atoms with van der Waals surface area (Å²) in [7, 11) is 0. The molecule has 0 aromatic heterocycles. The maximum Gasteiger partial charge on any atom is 0.410 e. The van der Waals surface area contributed by atoms with Crippen molar-refractivity contribution in [2.24, 2.45) is 4.99 Å². The first kappa shape index (κ1) is 20.7. The molecule has 27 heavy (non-hydrogen) atoms. The van der Waals surface area contributed by atoms with Crippen molar-refractivity contribution < 1.29 is 14.3 Å². The zero-order valence-corrected chi connectivity index (χ0v) is 16.9. The molecule has 1 aliphatic rings. The first-order valence-corrected chi connectivity index (χ1v) is 9.33. The zero-order valence-electron chi connectivity index (χ0n) is 16.9. The molecule has 1 heterocycles. The van der Waals surface area contributed by atoms with Gasteiger partial charge in [0.25, 0.3) is 0 Å². The highest BCUT2D eigenvalue weighted by Crippen LogP contribution is 2.14. The topological polar surface area (TPSA) is 74.2 Å². The van der Waals surface area contributed by atoms with Crippen molar-refractivity contribution in [3.05, 3.63) is 35.9 Å². The normalized spacial score (nSPS) is 15.7. The van der Waals surface area contributed by atoms with E-state index in [2.05, 4.69) is 10.3 Å². The third-order valence-corrected chi connectivity index (χ3v) is 3.88. The number of urea groups is 1. The van der Waals surface area contributed by atoms with E-state index >= 15 is 0 Å². The molecule has 0 saturated carbocycles. The molecular weight excluding hydrogens is 344 g/mol. The Hall–Kier alpha value is -2.57. The van der Waals surface area contributed by atoms with Gasteiger partial charge in [-0.3, -0.25) is 0 Å². The number of piperazine rings is 1. The van der Waals surface area contributed by atoms with Gasteiger partial charge in [0.05, 0.1) is 0 Å². The van der Waals surface area contributed by atoms with Crippen LogP contribution in [0.5, 0.6) is 0 Å². The van der Waals surface area contributed by atoms with E-state index < -0.39 is 5.60 Å². The molecule has 1 aromatic carbocycles. The second-order valence-corrected chi connectivity index (χ2v) is 7.86. The third kappa shape index (κ3) is 6.58. The van der Waals surface area contributed by atoms with Crippen molar-refractivity contribution in [1.29, 1.82) is 0 Å². The molecule has 3 amide bonds. The first-order chi connectivity index (χ1) is 12.7. The van der Waals surface area contributed by atoms with Crippen molar-refractivity contribution in [3.8, 4) is 0 Å². The minimum atomic E-state index is -0.514. The highest BCUT2D eigenvalue weighted by Gasteiger charge is 2.27. The first-order valence-electron chi connectivity index (χ1n) is 9.33. The molecule has 0 unspecified atom stereocenters. The quantitative estimate of drug-likeness (QED) is 0.638. The van der Waals surface area contributed by atoms with E-state index in [4.69, 9.17) is 4.74 Å². The van der Waals surface area contributed by atoms with Gasteiger partial charge < -0.3 is 19.9 Å². The summed E-state index contributed by atoms with van der Waals surface area (Å²) >= 11 is 0. The van der Waals surface area contributed by atoms with Crippen LogP contribution in [0.1, 0.15) is 40.2 Å². The van der Waals surface area contributed by atoms with E-state index in [-0.39, 0.29) is 18.2 Å². The zero-order chi connectivity index (χ0) is 20.0. The SMILES string of the molecule is CC(C)NC(=O)/N=C(\c1ccccc1)N1CCN(C(=O)OC(C)(C)C)CC1. The summed E-state index contributed by atoms with van der Waals surface area (Å²) in [5.74, 6) is 0.623. The van der Waals surface area contributed by atoms with Gasteiger partial charge in [0.15, 0.2) is 0 Å². The fourth-order valence-electron chi connectivity index (χ4n) is 2.71. The third-order valence-electron chi connectivity index (χ3n) is 3.88. The number of carbonyl (C=O) groups is 2. The maximum atomic E-state index is 12.3. The molecule has 148 valence electrons. The van der Waals surface area contributed by atoms with Crippen molar-refractivity contribution in [2.75, 3.05) is 26.2 Å². The van der Waals surface area contributed by atoms with Crippen molar-refractivity contribution in [3.63, 3.8) is 0 Å². The predicted molar refractivity (Wildman–Crippen MR) is 106 cm³/mol. The molecule has 7 nitrogen and oxygen atoms in total. The second kappa shape index (κ2) is 8.88. The molecule has 1 aromatic rings. The van der Waals surface area contributed by atoms with Gasteiger partial charge in [-0.05, 0) is 34.6 Å². The van der Waals surface area contributed by atoms with E-state index in [0.29, 0.717) is 32.0 Å². The molecule has 0 bridgehead atoms. The van der Waals surface area contributed by atoms with Crippen LogP contribution < -0.4 is 5.32 Å². The summed E-state index contributed by atoms with van der Waals surface area (Å²) in [5.41, 5.74) is 0.363. The highest BCUT2D eigenvalue weighted by atomic mass is 16.6. The Morgan fingerprint density at radius 2 is 1.59 bits per heavy atom. The summed E-state index contributed by atoms with van der Waals surface area (Å²) in [6, 6.07) is 9.28. The van der Waals surface area contributed by atoms with Crippen LogP contribution in [0, 0.1) is 0 Å². The lowest BCUT2D eigenvalue weighted by molar-refractivity contribution is 0.0187. The van der Waals surface area contributed by atoms with Crippen LogP contribution in [0.3, 0.4) is 0 Å². The number of benzene rings is 1. The molecular formula is C20H30N4O3. The van der Waals surface area contributed by atoms with Gasteiger partial charge in [-0.1, -0.05) is 30.3 Å². The highest BCUT2D eigenvalue weighted by molar-refractivity contribution is 6.04. The predicted octanol–water partition coefficient (Wildman–Crippen LogP) is 3.10. The smallest absolute Gasteiger partial charge is 0.410 e. The number of hydrogen-bond donors (Lipinski definition) is 1.